The summed E-state index contributed by atoms with van der Waals surface area (Å²) in [5.41, 5.74) is -0.802. The van der Waals surface area contributed by atoms with Crippen molar-refractivity contribution < 1.29 is 22.7 Å². The highest BCUT2D eigenvalue weighted by atomic mass is 32.2. The van der Waals surface area contributed by atoms with Crippen molar-refractivity contribution in [3.63, 3.8) is 0 Å². The Balaban J connectivity index is 2.43. The summed E-state index contributed by atoms with van der Waals surface area (Å²) in [5, 5.41) is 9.24. The van der Waals surface area contributed by atoms with Gasteiger partial charge in [0.05, 0.1) is 0 Å². The summed E-state index contributed by atoms with van der Waals surface area (Å²) in [4.78, 5) is 11.1. The van der Waals surface area contributed by atoms with Gasteiger partial charge in [-0.25, -0.2) is 17.9 Å². The van der Waals surface area contributed by atoms with Crippen molar-refractivity contribution in [2.24, 2.45) is 0 Å². The van der Waals surface area contributed by atoms with Crippen molar-refractivity contribution in [2.45, 2.75) is 63.3 Å². The first-order valence-corrected chi connectivity index (χ1v) is 8.52. The second kappa shape index (κ2) is 5.46. The van der Waals surface area contributed by atoms with E-state index in [0.717, 1.165) is 32.1 Å². The normalized spacial score (nSPS) is 18.6. The highest BCUT2D eigenvalue weighted by molar-refractivity contribution is 7.89. The van der Waals surface area contributed by atoms with Crippen LogP contribution in [0.1, 0.15) is 60.9 Å². The van der Waals surface area contributed by atoms with Gasteiger partial charge in [0.1, 0.15) is 22.0 Å². The van der Waals surface area contributed by atoms with E-state index in [1.165, 1.54) is 13.8 Å². The van der Waals surface area contributed by atoms with E-state index >= 15 is 0 Å². The van der Waals surface area contributed by atoms with Crippen molar-refractivity contribution in [2.75, 3.05) is 0 Å². The number of nitrogens with one attached hydrogen (secondary N) is 1. The molecule has 1 aromatic rings. The number of furan rings is 1. The number of aromatic carboxylic acids is 1. The molecule has 0 saturated heterocycles. The van der Waals surface area contributed by atoms with Crippen LogP contribution in [0.5, 0.6) is 0 Å². The maximum atomic E-state index is 12.6. The van der Waals surface area contributed by atoms with Crippen LogP contribution in [0.15, 0.2) is 9.31 Å². The molecular formula is C14H21NO5S. The number of carbonyl (C=O) groups is 1. The molecule has 2 N–H and O–H groups in total. The quantitative estimate of drug-likeness (QED) is 0.890. The lowest BCUT2D eigenvalue weighted by Gasteiger charge is -2.34. The Hall–Kier alpha value is -1.34. The van der Waals surface area contributed by atoms with Crippen molar-refractivity contribution in [3.05, 3.63) is 17.1 Å². The van der Waals surface area contributed by atoms with E-state index in [0.29, 0.717) is 0 Å². The predicted molar refractivity (Wildman–Crippen MR) is 77.0 cm³/mol. The van der Waals surface area contributed by atoms with Gasteiger partial charge in [-0.2, -0.15) is 0 Å². The fourth-order valence-corrected chi connectivity index (χ4v) is 4.92. The Morgan fingerprint density at radius 1 is 1.19 bits per heavy atom. The van der Waals surface area contributed by atoms with Crippen LogP contribution in [-0.4, -0.2) is 25.0 Å². The first kappa shape index (κ1) is 16.0. The molecule has 1 aliphatic rings. The Morgan fingerprint density at radius 2 is 1.76 bits per heavy atom. The highest BCUT2D eigenvalue weighted by Crippen LogP contribution is 2.32. The molecule has 6 nitrogen and oxygen atoms in total. The Labute approximate surface area is 124 Å². The van der Waals surface area contributed by atoms with Crippen LogP contribution in [0, 0.1) is 13.8 Å². The molecule has 118 valence electrons. The fourth-order valence-electron chi connectivity index (χ4n) is 3.04. The number of carboxylic acid groups (broad SMARTS) is 1. The summed E-state index contributed by atoms with van der Waals surface area (Å²) in [6.45, 7) is 4.79. The number of aryl methyl sites for hydroxylation is 2. The summed E-state index contributed by atoms with van der Waals surface area (Å²) in [6, 6.07) is 0. The Bertz CT molecular complexity index is 653. The van der Waals surface area contributed by atoms with Crippen LogP contribution in [0.3, 0.4) is 0 Å². The second-order valence-corrected chi connectivity index (χ2v) is 7.57. The van der Waals surface area contributed by atoms with Gasteiger partial charge < -0.3 is 9.52 Å². The van der Waals surface area contributed by atoms with Crippen LogP contribution >= 0.6 is 0 Å². The number of rotatable bonds is 4. The molecule has 0 spiro atoms. The van der Waals surface area contributed by atoms with Gasteiger partial charge in [-0.1, -0.05) is 19.3 Å². The smallest absolute Gasteiger partial charge is 0.340 e. The molecule has 0 atom stereocenters. The van der Waals surface area contributed by atoms with Crippen LogP contribution in [0.25, 0.3) is 0 Å². The van der Waals surface area contributed by atoms with Gasteiger partial charge in [-0.3, -0.25) is 0 Å². The van der Waals surface area contributed by atoms with Crippen molar-refractivity contribution >= 4 is 16.0 Å². The van der Waals surface area contributed by atoms with E-state index in [4.69, 9.17) is 4.42 Å². The maximum absolute atomic E-state index is 12.6. The molecule has 0 aliphatic heterocycles. The van der Waals surface area contributed by atoms with Crippen LogP contribution in [-0.2, 0) is 10.0 Å². The molecular weight excluding hydrogens is 294 g/mol. The third-order valence-corrected chi connectivity index (χ3v) is 5.82. The minimum atomic E-state index is -3.93. The van der Waals surface area contributed by atoms with Crippen molar-refractivity contribution in [1.82, 2.24) is 4.72 Å². The lowest BCUT2D eigenvalue weighted by Crippen LogP contribution is -2.47. The Kier molecular flexibility index (Phi) is 4.17. The first-order valence-electron chi connectivity index (χ1n) is 7.03. The predicted octanol–water partition coefficient (Wildman–Crippen LogP) is 2.60. The van der Waals surface area contributed by atoms with Gasteiger partial charge >= 0.3 is 5.97 Å². The molecule has 2 rings (SSSR count). The molecule has 0 radical (unpaired) electrons. The molecule has 1 heterocycles. The summed E-state index contributed by atoms with van der Waals surface area (Å²) in [5.74, 6) is -1.08. The first-order chi connectivity index (χ1) is 9.66. The molecule has 0 amide bonds. The molecule has 0 bridgehead atoms. The summed E-state index contributed by atoms with van der Waals surface area (Å²) < 4.78 is 33.2. The lowest BCUT2D eigenvalue weighted by atomic mass is 9.84. The van der Waals surface area contributed by atoms with E-state index in [-0.39, 0.29) is 22.0 Å². The number of hydrogen-bond donors (Lipinski definition) is 2. The number of carboxylic acids is 1. The van der Waals surface area contributed by atoms with Crippen molar-refractivity contribution in [1.29, 1.82) is 0 Å². The van der Waals surface area contributed by atoms with Gasteiger partial charge in [0.25, 0.3) is 0 Å². The largest absolute Gasteiger partial charge is 0.478 e. The van der Waals surface area contributed by atoms with Crippen LogP contribution in [0.2, 0.25) is 0 Å². The molecule has 1 fully saturated rings. The van der Waals surface area contributed by atoms with Gasteiger partial charge in [-0.05, 0) is 33.6 Å². The molecule has 1 saturated carbocycles. The zero-order chi connectivity index (χ0) is 15.8. The minimum absolute atomic E-state index is 0.106. The van der Waals surface area contributed by atoms with E-state index in [1.54, 1.807) is 0 Å². The van der Waals surface area contributed by atoms with Gasteiger partial charge in [-0.15, -0.1) is 0 Å². The zero-order valence-corrected chi connectivity index (χ0v) is 13.3. The zero-order valence-electron chi connectivity index (χ0n) is 12.5. The van der Waals surface area contributed by atoms with Crippen LogP contribution < -0.4 is 4.72 Å². The van der Waals surface area contributed by atoms with E-state index < -0.39 is 21.5 Å². The van der Waals surface area contributed by atoms with E-state index in [1.807, 2.05) is 6.92 Å². The topological polar surface area (TPSA) is 96.6 Å². The third-order valence-electron chi connectivity index (χ3n) is 4.03. The summed E-state index contributed by atoms with van der Waals surface area (Å²) >= 11 is 0. The molecule has 1 aromatic heterocycles. The van der Waals surface area contributed by atoms with Gasteiger partial charge in [0.2, 0.25) is 10.0 Å². The molecule has 1 aliphatic carbocycles. The number of sulfonamides is 1. The summed E-state index contributed by atoms with van der Waals surface area (Å²) in [6.07, 6.45) is 4.54. The highest BCUT2D eigenvalue weighted by Gasteiger charge is 2.37. The molecule has 7 heteroatoms. The maximum Gasteiger partial charge on any atom is 0.340 e. The fraction of sp³-hybridized carbons (Fsp3) is 0.643. The SMILES string of the molecule is Cc1oc(C)c(S(=O)(=O)NC2(C)CCCCC2)c1C(=O)O. The summed E-state index contributed by atoms with van der Waals surface area (Å²) in [7, 11) is -3.93. The average Bonchev–Trinajstić information content (AvgIpc) is 2.64. The second-order valence-electron chi connectivity index (χ2n) is 5.95. The van der Waals surface area contributed by atoms with E-state index in [9.17, 15) is 18.3 Å². The van der Waals surface area contributed by atoms with Gasteiger partial charge in [0.15, 0.2) is 0 Å². The lowest BCUT2D eigenvalue weighted by molar-refractivity contribution is 0.0691. The van der Waals surface area contributed by atoms with E-state index in [2.05, 4.69) is 4.72 Å². The molecule has 0 unspecified atom stereocenters. The third kappa shape index (κ3) is 3.13. The van der Waals surface area contributed by atoms with Crippen molar-refractivity contribution in [3.8, 4) is 0 Å². The minimum Gasteiger partial charge on any atom is -0.478 e. The molecule has 0 aromatic carbocycles. The molecule has 21 heavy (non-hydrogen) atoms. The standard InChI is InChI=1S/C14H21NO5S/c1-9-11(13(16)17)12(10(2)20-9)21(18,19)15-14(3)7-5-4-6-8-14/h15H,4-8H2,1-3H3,(H,16,17). The van der Waals surface area contributed by atoms with Gasteiger partial charge in [0, 0.05) is 5.54 Å². The van der Waals surface area contributed by atoms with Crippen LogP contribution in [0.4, 0.5) is 0 Å². The Morgan fingerprint density at radius 3 is 2.29 bits per heavy atom. The monoisotopic (exact) mass is 315 g/mol. The number of hydrogen-bond acceptors (Lipinski definition) is 4. The average molecular weight is 315 g/mol.